The third-order valence-electron chi connectivity index (χ3n) is 3.43. The molecule has 2 aromatic carbocycles. The van der Waals surface area contributed by atoms with E-state index in [9.17, 15) is 4.79 Å². The summed E-state index contributed by atoms with van der Waals surface area (Å²) in [5, 5.41) is 6.07. The maximum Gasteiger partial charge on any atom is 0.274 e. The second-order valence-corrected chi connectivity index (χ2v) is 6.17. The molecule has 5 nitrogen and oxygen atoms in total. The molecule has 0 aliphatic carbocycles. The van der Waals surface area contributed by atoms with Crippen LogP contribution >= 0.6 is 15.9 Å². The zero-order valence-corrected chi connectivity index (χ0v) is 15.1. The number of hydrogen-bond donors (Lipinski definition) is 2. The number of carbonyl (C=O) groups excluding carboxylic acids is 1. The number of nitrogens with zero attached hydrogens (tertiary/aromatic N) is 1. The lowest BCUT2D eigenvalue weighted by molar-refractivity contribution is 0.102. The molecule has 3 rings (SSSR count). The molecule has 0 fully saturated rings. The van der Waals surface area contributed by atoms with E-state index in [-0.39, 0.29) is 5.91 Å². The second-order valence-electron chi connectivity index (χ2n) is 5.25. The summed E-state index contributed by atoms with van der Waals surface area (Å²) in [7, 11) is 1.62. The molecule has 1 heterocycles. The van der Waals surface area contributed by atoms with Gasteiger partial charge in [-0.1, -0.05) is 28.1 Å². The van der Waals surface area contributed by atoms with E-state index in [4.69, 9.17) is 4.74 Å². The standard InChI is InChI=1S/C19H16BrN3O2/c1-25-17-7-3-6-15(11-17)22-16-8-9-21-18(12-16)19(24)23-14-5-2-4-13(20)10-14/h2-12H,1H3,(H,21,22)(H,23,24). The molecule has 0 bridgehead atoms. The van der Waals surface area contributed by atoms with Crippen LogP contribution in [0.15, 0.2) is 71.3 Å². The number of rotatable bonds is 5. The van der Waals surface area contributed by atoms with Crippen molar-refractivity contribution in [2.45, 2.75) is 0 Å². The van der Waals surface area contributed by atoms with Crippen molar-refractivity contribution in [1.82, 2.24) is 4.98 Å². The molecule has 2 N–H and O–H groups in total. The molecule has 126 valence electrons. The molecule has 1 aromatic heterocycles. The van der Waals surface area contributed by atoms with Gasteiger partial charge in [0.2, 0.25) is 0 Å². The van der Waals surface area contributed by atoms with Crippen LogP contribution in [0.3, 0.4) is 0 Å². The van der Waals surface area contributed by atoms with Crippen LogP contribution in [0, 0.1) is 0 Å². The topological polar surface area (TPSA) is 63.2 Å². The summed E-state index contributed by atoms with van der Waals surface area (Å²) in [5.41, 5.74) is 2.66. The summed E-state index contributed by atoms with van der Waals surface area (Å²) in [6.07, 6.45) is 1.60. The largest absolute Gasteiger partial charge is 0.497 e. The fourth-order valence-electron chi connectivity index (χ4n) is 2.26. The lowest BCUT2D eigenvalue weighted by atomic mass is 10.2. The molecule has 1 amide bonds. The van der Waals surface area contributed by atoms with Gasteiger partial charge < -0.3 is 15.4 Å². The molecule has 3 aromatic rings. The Morgan fingerprint density at radius 3 is 2.56 bits per heavy atom. The minimum Gasteiger partial charge on any atom is -0.497 e. The van der Waals surface area contributed by atoms with Crippen molar-refractivity contribution in [3.63, 3.8) is 0 Å². The molecule has 6 heteroatoms. The monoisotopic (exact) mass is 397 g/mol. The first-order valence-corrected chi connectivity index (χ1v) is 8.37. The second kappa shape index (κ2) is 7.81. The Morgan fingerprint density at radius 2 is 1.76 bits per heavy atom. The third kappa shape index (κ3) is 4.58. The summed E-state index contributed by atoms with van der Waals surface area (Å²) in [6.45, 7) is 0. The first-order chi connectivity index (χ1) is 12.1. The highest BCUT2D eigenvalue weighted by Gasteiger charge is 2.09. The summed E-state index contributed by atoms with van der Waals surface area (Å²) in [4.78, 5) is 16.5. The molecule has 0 saturated carbocycles. The van der Waals surface area contributed by atoms with Crippen LogP contribution in [0.1, 0.15) is 10.5 Å². The Labute approximate surface area is 154 Å². The van der Waals surface area contributed by atoms with Crippen molar-refractivity contribution in [3.05, 3.63) is 77.0 Å². The highest BCUT2D eigenvalue weighted by molar-refractivity contribution is 9.10. The van der Waals surface area contributed by atoms with E-state index in [1.807, 2.05) is 48.5 Å². The first kappa shape index (κ1) is 17.0. The molecule has 0 spiro atoms. The van der Waals surface area contributed by atoms with Crippen molar-refractivity contribution in [3.8, 4) is 5.75 Å². The predicted molar refractivity (Wildman–Crippen MR) is 103 cm³/mol. The van der Waals surface area contributed by atoms with Crippen molar-refractivity contribution in [2.24, 2.45) is 0 Å². The van der Waals surface area contributed by atoms with Gasteiger partial charge in [0.05, 0.1) is 7.11 Å². The zero-order chi connectivity index (χ0) is 17.6. The minimum atomic E-state index is -0.271. The average molecular weight is 398 g/mol. The molecule has 25 heavy (non-hydrogen) atoms. The minimum absolute atomic E-state index is 0.271. The van der Waals surface area contributed by atoms with Gasteiger partial charge in [0.25, 0.3) is 5.91 Å². The van der Waals surface area contributed by atoms with Crippen LogP contribution < -0.4 is 15.4 Å². The van der Waals surface area contributed by atoms with Gasteiger partial charge in [-0.15, -0.1) is 0 Å². The van der Waals surface area contributed by atoms with Gasteiger partial charge in [-0.2, -0.15) is 0 Å². The number of benzene rings is 2. The number of pyridine rings is 1. The zero-order valence-electron chi connectivity index (χ0n) is 13.5. The van der Waals surface area contributed by atoms with Crippen molar-refractivity contribution in [2.75, 3.05) is 17.7 Å². The van der Waals surface area contributed by atoms with Crippen LogP contribution in [0.25, 0.3) is 0 Å². The van der Waals surface area contributed by atoms with Crippen LogP contribution in [0.5, 0.6) is 5.75 Å². The fraction of sp³-hybridized carbons (Fsp3) is 0.0526. The SMILES string of the molecule is COc1cccc(Nc2ccnc(C(=O)Nc3cccc(Br)c3)c2)c1. The van der Waals surface area contributed by atoms with E-state index >= 15 is 0 Å². The molecular weight excluding hydrogens is 382 g/mol. The number of amides is 1. The third-order valence-corrected chi connectivity index (χ3v) is 3.93. The Bertz CT molecular complexity index is 899. The molecule has 0 aliphatic rings. The quantitative estimate of drug-likeness (QED) is 0.645. The summed E-state index contributed by atoms with van der Waals surface area (Å²) in [6, 6.07) is 18.5. The lowest BCUT2D eigenvalue weighted by Gasteiger charge is -2.10. The van der Waals surface area contributed by atoms with Gasteiger partial charge in [-0.3, -0.25) is 9.78 Å². The van der Waals surface area contributed by atoms with Gasteiger partial charge in [-0.25, -0.2) is 0 Å². The predicted octanol–water partition coefficient (Wildman–Crippen LogP) is 4.85. The van der Waals surface area contributed by atoms with Gasteiger partial charge in [0.15, 0.2) is 0 Å². The molecule has 0 radical (unpaired) electrons. The number of hydrogen-bond acceptors (Lipinski definition) is 4. The van der Waals surface area contributed by atoms with E-state index < -0.39 is 0 Å². The van der Waals surface area contributed by atoms with Crippen LogP contribution in [-0.2, 0) is 0 Å². The van der Waals surface area contributed by atoms with Crippen LogP contribution in [0.4, 0.5) is 17.1 Å². The van der Waals surface area contributed by atoms with Gasteiger partial charge in [-0.05, 0) is 42.5 Å². The van der Waals surface area contributed by atoms with Crippen molar-refractivity contribution >= 4 is 38.9 Å². The summed E-state index contributed by atoms with van der Waals surface area (Å²) < 4.78 is 6.11. The summed E-state index contributed by atoms with van der Waals surface area (Å²) >= 11 is 3.38. The molecule has 0 atom stereocenters. The van der Waals surface area contributed by atoms with Crippen LogP contribution in [-0.4, -0.2) is 18.0 Å². The van der Waals surface area contributed by atoms with E-state index in [0.29, 0.717) is 11.4 Å². The number of methoxy groups -OCH3 is 1. The first-order valence-electron chi connectivity index (χ1n) is 7.58. The number of carbonyl (C=O) groups is 1. The van der Waals surface area contributed by atoms with Crippen molar-refractivity contribution < 1.29 is 9.53 Å². The molecule has 0 aliphatic heterocycles. The van der Waals surface area contributed by atoms with Crippen molar-refractivity contribution in [1.29, 1.82) is 0 Å². The number of aromatic nitrogens is 1. The van der Waals surface area contributed by atoms with E-state index in [2.05, 4.69) is 31.5 Å². The number of halogens is 1. The van der Waals surface area contributed by atoms with Gasteiger partial charge in [0, 0.05) is 33.8 Å². The normalized spacial score (nSPS) is 10.2. The Hall–Kier alpha value is -2.86. The highest BCUT2D eigenvalue weighted by atomic mass is 79.9. The molecular formula is C19H16BrN3O2. The average Bonchev–Trinajstić information content (AvgIpc) is 2.62. The lowest BCUT2D eigenvalue weighted by Crippen LogP contribution is -2.13. The maximum absolute atomic E-state index is 12.4. The van der Waals surface area contributed by atoms with Crippen LogP contribution in [0.2, 0.25) is 0 Å². The highest BCUT2D eigenvalue weighted by Crippen LogP contribution is 2.22. The number of anilines is 3. The number of nitrogens with one attached hydrogen (secondary N) is 2. The molecule has 0 unspecified atom stereocenters. The van der Waals surface area contributed by atoms with E-state index in [0.717, 1.165) is 21.6 Å². The van der Waals surface area contributed by atoms with Gasteiger partial charge in [0.1, 0.15) is 11.4 Å². The van der Waals surface area contributed by atoms with Gasteiger partial charge >= 0.3 is 0 Å². The summed E-state index contributed by atoms with van der Waals surface area (Å²) in [5.74, 6) is 0.485. The van der Waals surface area contributed by atoms with E-state index in [1.54, 1.807) is 25.4 Å². The fourth-order valence-corrected chi connectivity index (χ4v) is 2.66. The Morgan fingerprint density at radius 1 is 1.00 bits per heavy atom. The Balaban J connectivity index is 1.75. The van der Waals surface area contributed by atoms with E-state index in [1.165, 1.54) is 0 Å². The smallest absolute Gasteiger partial charge is 0.274 e. The Kier molecular flexibility index (Phi) is 5.30. The maximum atomic E-state index is 12.4. The molecule has 0 saturated heterocycles. The number of ether oxygens (including phenoxy) is 1.